The van der Waals surface area contributed by atoms with Gasteiger partial charge in [0.05, 0.1) is 0 Å². The number of fused-ring (bicyclic) bond motifs is 2. The minimum Gasteiger partial charge on any atom is -0.450 e. The second-order valence-corrected chi connectivity index (χ2v) is 6.74. The number of ether oxygens (including phenoxy) is 1. The van der Waals surface area contributed by atoms with Crippen LogP contribution in [0.4, 0.5) is 0 Å². The number of hydrogen-bond acceptors (Lipinski definition) is 7. The van der Waals surface area contributed by atoms with E-state index >= 15 is 0 Å². The minimum absolute atomic E-state index is 0.103. The molecular formula is C16H15N5O3S. The normalized spacial score (nSPS) is 13.7. The van der Waals surface area contributed by atoms with Crippen molar-refractivity contribution in [3.63, 3.8) is 0 Å². The predicted molar refractivity (Wildman–Crippen MR) is 89.2 cm³/mol. The molecule has 0 saturated carbocycles. The summed E-state index contributed by atoms with van der Waals surface area (Å²) in [6.45, 7) is 2.71. The summed E-state index contributed by atoms with van der Waals surface area (Å²) in [6, 6.07) is 3.79. The first-order valence-corrected chi connectivity index (χ1v) is 8.68. The summed E-state index contributed by atoms with van der Waals surface area (Å²) in [4.78, 5) is 35.5. The van der Waals surface area contributed by atoms with Gasteiger partial charge in [-0.2, -0.15) is 4.98 Å². The van der Waals surface area contributed by atoms with Gasteiger partial charge in [0.1, 0.15) is 0 Å². The van der Waals surface area contributed by atoms with Gasteiger partial charge >= 0.3 is 5.97 Å². The molecule has 0 spiro atoms. The van der Waals surface area contributed by atoms with Gasteiger partial charge in [-0.25, -0.2) is 14.3 Å². The number of rotatable bonds is 3. The van der Waals surface area contributed by atoms with E-state index in [9.17, 15) is 9.59 Å². The van der Waals surface area contributed by atoms with E-state index in [0.717, 1.165) is 12.1 Å². The van der Waals surface area contributed by atoms with Crippen LogP contribution in [0.25, 0.3) is 5.78 Å². The Balaban J connectivity index is 1.39. The van der Waals surface area contributed by atoms with Crippen molar-refractivity contribution in [2.75, 3.05) is 13.2 Å². The van der Waals surface area contributed by atoms with E-state index < -0.39 is 5.97 Å². The zero-order chi connectivity index (χ0) is 17.4. The van der Waals surface area contributed by atoms with E-state index in [4.69, 9.17) is 4.74 Å². The van der Waals surface area contributed by atoms with Gasteiger partial charge in [-0.3, -0.25) is 4.79 Å². The Bertz CT molecular complexity index is 964. The summed E-state index contributed by atoms with van der Waals surface area (Å²) in [5, 5.41) is 6.10. The van der Waals surface area contributed by atoms with E-state index in [1.165, 1.54) is 15.0 Å². The molecule has 128 valence electrons. The number of aromatic nitrogens is 4. The number of thiophene rings is 1. The van der Waals surface area contributed by atoms with E-state index in [1.54, 1.807) is 28.5 Å². The van der Waals surface area contributed by atoms with Crippen LogP contribution < -0.4 is 0 Å². The fourth-order valence-electron chi connectivity index (χ4n) is 2.74. The van der Waals surface area contributed by atoms with Crippen molar-refractivity contribution in [1.82, 2.24) is 24.5 Å². The molecule has 0 atom stereocenters. The van der Waals surface area contributed by atoms with Crippen LogP contribution in [0.15, 0.2) is 23.7 Å². The topological polar surface area (TPSA) is 89.7 Å². The summed E-state index contributed by atoms with van der Waals surface area (Å²) in [7, 11) is 0. The van der Waals surface area contributed by atoms with Crippen molar-refractivity contribution in [3.8, 4) is 0 Å². The number of nitrogens with zero attached hydrogens (tertiary/aromatic N) is 5. The van der Waals surface area contributed by atoms with Crippen molar-refractivity contribution in [1.29, 1.82) is 0 Å². The van der Waals surface area contributed by atoms with Gasteiger partial charge in [-0.15, -0.1) is 16.4 Å². The molecule has 1 aliphatic heterocycles. The molecule has 0 unspecified atom stereocenters. The average Bonchev–Trinajstić information content (AvgIpc) is 3.25. The molecule has 1 aliphatic rings. The van der Waals surface area contributed by atoms with Crippen molar-refractivity contribution in [3.05, 3.63) is 45.7 Å². The van der Waals surface area contributed by atoms with Crippen LogP contribution in [0, 0.1) is 6.92 Å². The Morgan fingerprint density at radius 1 is 1.36 bits per heavy atom. The Morgan fingerprint density at radius 2 is 2.24 bits per heavy atom. The first-order valence-electron chi connectivity index (χ1n) is 7.80. The number of hydrogen-bond donors (Lipinski definition) is 0. The highest BCUT2D eigenvalue weighted by Crippen LogP contribution is 2.23. The summed E-state index contributed by atoms with van der Waals surface area (Å²) in [5.74, 6) is -0.734. The molecule has 1 amide bonds. The third-order valence-corrected chi connectivity index (χ3v) is 5.12. The molecule has 4 heterocycles. The first kappa shape index (κ1) is 15.7. The molecule has 3 aromatic rings. The number of esters is 1. The third kappa shape index (κ3) is 2.98. The van der Waals surface area contributed by atoms with Crippen LogP contribution in [0.2, 0.25) is 0 Å². The van der Waals surface area contributed by atoms with Crippen molar-refractivity contribution >= 4 is 29.0 Å². The van der Waals surface area contributed by atoms with Gasteiger partial charge in [0.15, 0.2) is 6.61 Å². The van der Waals surface area contributed by atoms with Gasteiger partial charge in [0, 0.05) is 29.9 Å². The monoisotopic (exact) mass is 357 g/mol. The van der Waals surface area contributed by atoms with E-state index in [2.05, 4.69) is 15.1 Å². The lowest BCUT2D eigenvalue weighted by Crippen LogP contribution is -2.38. The maximum Gasteiger partial charge on any atom is 0.378 e. The second kappa shape index (κ2) is 6.25. The molecule has 0 aliphatic carbocycles. The van der Waals surface area contributed by atoms with Gasteiger partial charge < -0.3 is 9.64 Å². The molecule has 0 bridgehead atoms. The number of carbonyl (C=O) groups excluding carboxylic acids is 2. The van der Waals surface area contributed by atoms with Crippen molar-refractivity contribution in [2.24, 2.45) is 0 Å². The molecule has 4 rings (SSSR count). The smallest absolute Gasteiger partial charge is 0.378 e. The predicted octanol–water partition coefficient (Wildman–Crippen LogP) is 1.24. The van der Waals surface area contributed by atoms with Crippen LogP contribution in [0.1, 0.15) is 26.8 Å². The number of carbonyl (C=O) groups is 2. The second-order valence-electron chi connectivity index (χ2n) is 5.74. The maximum absolute atomic E-state index is 12.3. The van der Waals surface area contributed by atoms with E-state index in [1.807, 2.05) is 18.4 Å². The van der Waals surface area contributed by atoms with Crippen LogP contribution in [0.3, 0.4) is 0 Å². The molecule has 0 fully saturated rings. The SMILES string of the molecule is Cc1ccnc2nc(C(=O)OCC(=O)N3CCc4sccc4C3)nn12. The van der Waals surface area contributed by atoms with Gasteiger partial charge in [-0.05, 0) is 36.4 Å². The van der Waals surface area contributed by atoms with Crippen molar-refractivity contribution in [2.45, 2.75) is 19.9 Å². The Labute approximate surface area is 147 Å². The molecule has 9 heteroatoms. The zero-order valence-corrected chi connectivity index (χ0v) is 14.3. The lowest BCUT2D eigenvalue weighted by Gasteiger charge is -2.26. The fourth-order valence-corrected chi connectivity index (χ4v) is 3.63. The molecule has 0 N–H and O–H groups in total. The lowest BCUT2D eigenvalue weighted by atomic mass is 10.1. The first-order chi connectivity index (χ1) is 12.1. The van der Waals surface area contributed by atoms with Crippen LogP contribution in [-0.4, -0.2) is 49.5 Å². The highest BCUT2D eigenvalue weighted by atomic mass is 32.1. The summed E-state index contributed by atoms with van der Waals surface area (Å²) in [5.41, 5.74) is 1.96. The zero-order valence-electron chi connectivity index (χ0n) is 13.5. The highest BCUT2D eigenvalue weighted by molar-refractivity contribution is 7.10. The Hall–Kier alpha value is -2.81. The molecule has 0 saturated heterocycles. The Kier molecular flexibility index (Phi) is 3.92. The number of aryl methyl sites for hydroxylation is 1. The summed E-state index contributed by atoms with van der Waals surface area (Å²) in [6.07, 6.45) is 2.43. The van der Waals surface area contributed by atoms with Gasteiger partial charge in [-0.1, -0.05) is 0 Å². The van der Waals surface area contributed by atoms with E-state index in [0.29, 0.717) is 18.9 Å². The fraction of sp³-hybridized carbons (Fsp3) is 0.312. The largest absolute Gasteiger partial charge is 0.450 e. The van der Waals surface area contributed by atoms with E-state index in [-0.39, 0.29) is 18.3 Å². The Morgan fingerprint density at radius 3 is 3.08 bits per heavy atom. The molecule has 3 aromatic heterocycles. The van der Waals surface area contributed by atoms with Crippen LogP contribution in [-0.2, 0) is 22.5 Å². The minimum atomic E-state index is -0.730. The maximum atomic E-state index is 12.3. The molecule has 0 radical (unpaired) electrons. The number of amides is 1. The van der Waals surface area contributed by atoms with Gasteiger partial charge in [0.25, 0.3) is 17.5 Å². The lowest BCUT2D eigenvalue weighted by molar-refractivity contribution is -0.135. The van der Waals surface area contributed by atoms with Crippen molar-refractivity contribution < 1.29 is 14.3 Å². The average molecular weight is 357 g/mol. The van der Waals surface area contributed by atoms with Gasteiger partial charge in [0.2, 0.25) is 0 Å². The van der Waals surface area contributed by atoms with Crippen LogP contribution in [0.5, 0.6) is 0 Å². The molecular weight excluding hydrogens is 342 g/mol. The summed E-state index contributed by atoms with van der Waals surface area (Å²) >= 11 is 1.71. The highest BCUT2D eigenvalue weighted by Gasteiger charge is 2.23. The standard InChI is InChI=1S/C16H15N5O3S/c1-10-2-5-17-16-18-14(19-21(10)16)15(23)24-9-13(22)20-6-3-12-11(8-20)4-7-25-12/h2,4-5,7H,3,6,8-9H2,1H3. The molecule has 0 aromatic carbocycles. The quantitative estimate of drug-likeness (QED) is 0.655. The van der Waals surface area contributed by atoms with Crippen LogP contribution >= 0.6 is 11.3 Å². The third-order valence-electron chi connectivity index (χ3n) is 4.10. The molecule has 25 heavy (non-hydrogen) atoms. The summed E-state index contributed by atoms with van der Waals surface area (Å²) < 4.78 is 6.55. The molecule has 8 nitrogen and oxygen atoms in total.